The van der Waals surface area contributed by atoms with E-state index in [-0.39, 0.29) is 0 Å². The molecular weight excluding hydrogens is 342 g/mol. The summed E-state index contributed by atoms with van der Waals surface area (Å²) in [6, 6.07) is 12.7. The fraction of sp³-hybridized carbons (Fsp3) is 0.364. The molecule has 26 heavy (non-hydrogen) atoms. The molecule has 0 N–H and O–H groups in total. The number of benzene rings is 2. The molecule has 0 radical (unpaired) electrons. The van der Waals surface area contributed by atoms with Crippen LogP contribution in [-0.2, 0) is 0 Å². The molecule has 2 aliphatic rings. The van der Waals surface area contributed by atoms with Gasteiger partial charge in [-0.15, -0.1) is 11.8 Å². The topological polar surface area (TPSA) is 21.7 Å². The Labute approximate surface area is 160 Å². The van der Waals surface area contributed by atoms with E-state index in [1.54, 1.807) is 19.1 Å². The van der Waals surface area contributed by atoms with Gasteiger partial charge in [0.05, 0.1) is 25.8 Å². The predicted octanol–water partition coefficient (Wildman–Crippen LogP) is 5.98. The van der Waals surface area contributed by atoms with E-state index in [1.165, 1.54) is 48.2 Å². The van der Waals surface area contributed by atoms with Crippen LogP contribution in [0.2, 0.25) is 0 Å². The highest BCUT2D eigenvalue weighted by Gasteiger charge is 2.28. The van der Waals surface area contributed by atoms with Crippen LogP contribution in [-0.4, -0.2) is 20.1 Å². The maximum Gasteiger partial charge on any atom is 0.123 e. The molecule has 1 aliphatic heterocycles. The lowest BCUT2D eigenvalue weighted by molar-refractivity contribution is 0.394. The normalized spacial score (nSPS) is 16.7. The number of thioether (sulfide) groups is 1. The van der Waals surface area contributed by atoms with Crippen molar-refractivity contribution in [3.8, 4) is 22.6 Å². The number of anilines is 1. The Kier molecular flexibility index (Phi) is 4.86. The van der Waals surface area contributed by atoms with Gasteiger partial charge in [-0.25, -0.2) is 0 Å². The number of hydrogen-bond donors (Lipinski definition) is 0. The van der Waals surface area contributed by atoms with E-state index in [0.717, 1.165) is 22.9 Å². The summed E-state index contributed by atoms with van der Waals surface area (Å²) in [6.45, 7) is 2.21. The highest BCUT2D eigenvalue weighted by molar-refractivity contribution is 8.03. The van der Waals surface area contributed by atoms with Gasteiger partial charge in [-0.3, -0.25) is 0 Å². The van der Waals surface area contributed by atoms with Gasteiger partial charge in [0.1, 0.15) is 11.5 Å². The van der Waals surface area contributed by atoms with E-state index in [0.29, 0.717) is 0 Å². The molecule has 0 spiro atoms. The largest absolute Gasteiger partial charge is 0.497 e. The van der Waals surface area contributed by atoms with Crippen molar-refractivity contribution in [3.05, 3.63) is 52.6 Å². The Balaban J connectivity index is 1.85. The molecule has 136 valence electrons. The van der Waals surface area contributed by atoms with Crippen molar-refractivity contribution in [1.29, 1.82) is 0 Å². The number of ether oxygens (including phenoxy) is 2. The summed E-state index contributed by atoms with van der Waals surface area (Å²) in [5, 5.41) is 0. The second-order valence-corrected chi connectivity index (χ2v) is 7.89. The SMILES string of the molecule is COc1cc(OC)cc(-c2cccc(C)c2N2CSC3=C2CCCC3)c1. The minimum atomic E-state index is 0.820. The van der Waals surface area contributed by atoms with Crippen LogP contribution in [0.1, 0.15) is 31.2 Å². The van der Waals surface area contributed by atoms with Crippen molar-refractivity contribution >= 4 is 17.4 Å². The third-order valence-corrected chi connectivity index (χ3v) is 6.43. The third-order valence-electron chi connectivity index (χ3n) is 5.25. The van der Waals surface area contributed by atoms with Crippen LogP contribution in [0.5, 0.6) is 11.5 Å². The molecule has 0 atom stereocenters. The van der Waals surface area contributed by atoms with Crippen LogP contribution in [0.25, 0.3) is 11.1 Å². The summed E-state index contributed by atoms with van der Waals surface area (Å²) in [5.74, 6) is 2.66. The highest BCUT2D eigenvalue weighted by Crippen LogP contribution is 2.47. The second kappa shape index (κ2) is 7.28. The quantitative estimate of drug-likeness (QED) is 0.663. The minimum Gasteiger partial charge on any atom is -0.497 e. The van der Waals surface area contributed by atoms with Gasteiger partial charge in [-0.05, 0) is 55.9 Å². The smallest absolute Gasteiger partial charge is 0.123 e. The molecule has 1 aliphatic carbocycles. The highest BCUT2D eigenvalue weighted by atomic mass is 32.2. The maximum atomic E-state index is 5.49. The average molecular weight is 368 g/mol. The average Bonchev–Trinajstić information content (AvgIpc) is 3.11. The molecule has 2 aromatic carbocycles. The molecule has 0 unspecified atom stereocenters. The zero-order valence-electron chi connectivity index (χ0n) is 15.7. The van der Waals surface area contributed by atoms with Crippen molar-refractivity contribution in [1.82, 2.24) is 0 Å². The van der Waals surface area contributed by atoms with E-state index < -0.39 is 0 Å². The van der Waals surface area contributed by atoms with Crippen molar-refractivity contribution in [3.63, 3.8) is 0 Å². The van der Waals surface area contributed by atoms with E-state index in [4.69, 9.17) is 9.47 Å². The molecule has 0 fully saturated rings. The molecule has 4 heteroatoms. The number of rotatable bonds is 4. The van der Waals surface area contributed by atoms with Gasteiger partial charge in [-0.1, -0.05) is 18.2 Å². The number of methoxy groups -OCH3 is 2. The molecule has 3 nitrogen and oxygen atoms in total. The number of nitrogens with zero attached hydrogens (tertiary/aromatic N) is 1. The lowest BCUT2D eigenvalue weighted by atomic mass is 9.97. The summed E-state index contributed by atoms with van der Waals surface area (Å²) >= 11 is 2.01. The Hall–Kier alpha value is -2.07. The standard InChI is InChI=1S/C22H25NO2S/c1-15-7-6-8-19(16-11-17(24-2)13-18(12-16)25-3)22(15)23-14-26-21-10-5-4-9-20(21)23/h6-8,11-13H,4-5,9-10,14H2,1-3H3. The first-order valence-electron chi connectivity index (χ1n) is 9.16. The fourth-order valence-corrected chi connectivity index (χ4v) is 5.17. The van der Waals surface area contributed by atoms with E-state index >= 15 is 0 Å². The Morgan fingerprint density at radius 3 is 2.42 bits per heavy atom. The van der Waals surface area contributed by atoms with Gasteiger partial charge in [0.2, 0.25) is 0 Å². The molecule has 0 amide bonds. The summed E-state index contributed by atoms with van der Waals surface area (Å²) in [5.41, 5.74) is 6.54. The Morgan fingerprint density at radius 1 is 0.962 bits per heavy atom. The zero-order chi connectivity index (χ0) is 18.1. The summed E-state index contributed by atoms with van der Waals surface area (Å²) in [4.78, 5) is 4.13. The molecule has 2 aromatic rings. The molecule has 0 saturated carbocycles. The molecular formula is C22H25NO2S. The molecule has 4 rings (SSSR count). The summed E-state index contributed by atoms with van der Waals surface area (Å²) < 4.78 is 11.0. The zero-order valence-corrected chi connectivity index (χ0v) is 16.5. The van der Waals surface area contributed by atoms with Crippen molar-refractivity contribution in [2.24, 2.45) is 0 Å². The van der Waals surface area contributed by atoms with Gasteiger partial charge < -0.3 is 14.4 Å². The van der Waals surface area contributed by atoms with Crippen LogP contribution < -0.4 is 14.4 Å². The maximum absolute atomic E-state index is 5.49. The third kappa shape index (κ3) is 3.07. The van der Waals surface area contributed by atoms with Crippen molar-refractivity contribution in [2.75, 3.05) is 25.0 Å². The predicted molar refractivity (Wildman–Crippen MR) is 110 cm³/mol. The van der Waals surface area contributed by atoms with Gasteiger partial charge in [0.25, 0.3) is 0 Å². The second-order valence-electron chi connectivity index (χ2n) is 6.85. The van der Waals surface area contributed by atoms with Gasteiger partial charge in [0.15, 0.2) is 0 Å². The van der Waals surface area contributed by atoms with Crippen LogP contribution >= 0.6 is 11.8 Å². The lowest BCUT2D eigenvalue weighted by Crippen LogP contribution is -2.20. The first-order valence-corrected chi connectivity index (χ1v) is 10.1. The lowest BCUT2D eigenvalue weighted by Gasteiger charge is -2.28. The Bertz CT molecular complexity index is 837. The van der Waals surface area contributed by atoms with Crippen LogP contribution in [0.15, 0.2) is 47.0 Å². The fourth-order valence-electron chi connectivity index (χ4n) is 3.94. The van der Waals surface area contributed by atoms with E-state index in [9.17, 15) is 0 Å². The van der Waals surface area contributed by atoms with Crippen molar-refractivity contribution in [2.45, 2.75) is 32.6 Å². The minimum absolute atomic E-state index is 0.820. The van der Waals surface area contributed by atoms with Gasteiger partial charge >= 0.3 is 0 Å². The Morgan fingerprint density at radius 2 is 1.69 bits per heavy atom. The van der Waals surface area contributed by atoms with Crippen LogP contribution in [0.3, 0.4) is 0 Å². The van der Waals surface area contributed by atoms with Crippen LogP contribution in [0, 0.1) is 6.92 Å². The van der Waals surface area contributed by atoms with Crippen LogP contribution in [0.4, 0.5) is 5.69 Å². The van der Waals surface area contributed by atoms with E-state index in [2.05, 4.69) is 42.2 Å². The molecule has 0 bridgehead atoms. The number of hydrogen-bond acceptors (Lipinski definition) is 4. The number of para-hydroxylation sites is 1. The van der Waals surface area contributed by atoms with Crippen molar-refractivity contribution < 1.29 is 9.47 Å². The molecule has 0 aromatic heterocycles. The summed E-state index contributed by atoms with van der Waals surface area (Å²) in [6.07, 6.45) is 5.06. The molecule has 0 saturated heterocycles. The first-order chi connectivity index (χ1) is 12.7. The number of aryl methyl sites for hydroxylation is 1. The molecule has 1 heterocycles. The monoisotopic (exact) mass is 367 g/mol. The first kappa shape index (κ1) is 17.3. The van der Waals surface area contributed by atoms with E-state index in [1.807, 2.05) is 17.8 Å². The van der Waals surface area contributed by atoms with Gasteiger partial charge in [0, 0.05) is 22.2 Å². The number of allylic oxidation sites excluding steroid dienone is 2. The summed E-state index contributed by atoms with van der Waals surface area (Å²) in [7, 11) is 3.40. The van der Waals surface area contributed by atoms with Gasteiger partial charge in [-0.2, -0.15) is 0 Å².